The van der Waals surface area contributed by atoms with Crippen LogP contribution in [0, 0.1) is 0 Å². The Hall–Kier alpha value is -3.09. The Labute approximate surface area is 170 Å². The summed E-state index contributed by atoms with van der Waals surface area (Å²) >= 11 is 0. The summed E-state index contributed by atoms with van der Waals surface area (Å²) in [6.07, 6.45) is 5.80. The van der Waals surface area contributed by atoms with Gasteiger partial charge in [0.1, 0.15) is 11.4 Å². The number of nitrogens with two attached hydrogens (primary N) is 2. The molecule has 2 amide bonds. The topological polar surface area (TPSA) is 107 Å². The van der Waals surface area contributed by atoms with Gasteiger partial charge in [0.05, 0.1) is 18.3 Å². The Balaban J connectivity index is 1.63. The molecule has 7 heteroatoms. The number of hydrogen-bond donors (Lipinski definition) is 2. The van der Waals surface area contributed by atoms with Gasteiger partial charge in [-0.15, -0.1) is 0 Å². The van der Waals surface area contributed by atoms with E-state index < -0.39 is 5.91 Å². The lowest BCUT2D eigenvalue weighted by Gasteiger charge is -2.24. The molecule has 1 aliphatic heterocycles. The first-order chi connectivity index (χ1) is 14.0. The molecule has 2 aromatic rings. The van der Waals surface area contributed by atoms with Crippen LogP contribution in [0.15, 0.2) is 36.9 Å². The fourth-order valence-corrected chi connectivity index (χ4v) is 4.74. The smallest absolute Gasteiger partial charge is 0.254 e. The lowest BCUT2D eigenvalue weighted by atomic mass is 9.81. The highest BCUT2D eigenvalue weighted by atomic mass is 16.2. The fraction of sp³-hybridized carbons (Fsp3) is 0.409. The van der Waals surface area contributed by atoms with Gasteiger partial charge in [-0.2, -0.15) is 5.10 Å². The molecule has 1 saturated heterocycles. The van der Waals surface area contributed by atoms with Crippen molar-refractivity contribution >= 4 is 17.6 Å². The molecule has 0 saturated carbocycles. The summed E-state index contributed by atoms with van der Waals surface area (Å²) in [6, 6.07) is 8.36. The average Bonchev–Trinajstić information content (AvgIpc) is 3.32. The molecule has 0 radical (unpaired) electrons. The van der Waals surface area contributed by atoms with Crippen LogP contribution in [0.5, 0.6) is 0 Å². The van der Waals surface area contributed by atoms with Gasteiger partial charge >= 0.3 is 0 Å². The number of primary amides is 1. The molecule has 0 spiro atoms. The number of fused-ring (bicyclic) bond motifs is 1. The van der Waals surface area contributed by atoms with Gasteiger partial charge in [0.25, 0.3) is 5.91 Å². The van der Waals surface area contributed by atoms with Gasteiger partial charge in [0.2, 0.25) is 5.91 Å². The van der Waals surface area contributed by atoms with Crippen molar-refractivity contribution in [3.63, 3.8) is 0 Å². The number of carbonyl (C=O) groups excluding carboxylic acids is 2. The minimum Gasteiger partial charge on any atom is -0.383 e. The van der Waals surface area contributed by atoms with Gasteiger partial charge in [-0.05, 0) is 49.3 Å². The number of hydrogen-bond acceptors (Lipinski definition) is 4. The first-order valence-corrected chi connectivity index (χ1v) is 10.2. The molecule has 152 valence electrons. The lowest BCUT2D eigenvalue weighted by molar-refractivity contribution is -0.127. The number of nitrogen functional groups attached to an aromatic ring is 1. The number of amides is 2. The van der Waals surface area contributed by atoms with Gasteiger partial charge in [0.15, 0.2) is 0 Å². The van der Waals surface area contributed by atoms with E-state index in [9.17, 15) is 9.59 Å². The SMILES string of the molecule is C=CC(=O)N1CCC[C@H]1Cn1nc([C@@H]2CCc3ccccc3C2)c(C(N)=O)c1N. The maximum absolute atomic E-state index is 12.2. The van der Waals surface area contributed by atoms with E-state index in [1.807, 2.05) is 6.07 Å². The van der Waals surface area contributed by atoms with Crippen LogP contribution in [0.1, 0.15) is 52.4 Å². The first-order valence-electron chi connectivity index (χ1n) is 10.2. The third-order valence-electron chi connectivity index (χ3n) is 6.22. The standard InChI is InChI=1S/C22H27N5O2/c1-2-18(28)26-11-5-8-17(26)13-27-21(23)19(22(24)29)20(25-27)16-10-9-14-6-3-4-7-15(14)12-16/h2-4,6-7,16-17H,1,5,8-13,23H2,(H2,24,29)/t16-,17+/m1/s1. The molecule has 0 bridgehead atoms. The zero-order valence-corrected chi connectivity index (χ0v) is 16.5. The van der Waals surface area contributed by atoms with E-state index in [-0.39, 0.29) is 17.9 Å². The molecule has 2 aliphatic rings. The molecule has 2 atom stereocenters. The summed E-state index contributed by atoms with van der Waals surface area (Å²) in [5, 5.41) is 4.74. The van der Waals surface area contributed by atoms with Crippen LogP contribution in [0.4, 0.5) is 5.82 Å². The Morgan fingerprint density at radius 3 is 2.72 bits per heavy atom. The lowest BCUT2D eigenvalue weighted by Crippen LogP contribution is -2.37. The van der Waals surface area contributed by atoms with E-state index in [4.69, 9.17) is 16.6 Å². The van der Waals surface area contributed by atoms with Gasteiger partial charge in [-0.3, -0.25) is 9.59 Å². The molecule has 4 rings (SSSR count). The quantitative estimate of drug-likeness (QED) is 0.758. The summed E-state index contributed by atoms with van der Waals surface area (Å²) in [5.74, 6) is -0.236. The highest BCUT2D eigenvalue weighted by Gasteiger charge is 2.32. The molecule has 1 aromatic carbocycles. The zero-order chi connectivity index (χ0) is 20.5. The van der Waals surface area contributed by atoms with Crippen molar-refractivity contribution < 1.29 is 9.59 Å². The van der Waals surface area contributed by atoms with Gasteiger partial charge in [0, 0.05) is 12.5 Å². The predicted octanol–water partition coefficient (Wildman–Crippen LogP) is 2.01. The van der Waals surface area contributed by atoms with Crippen LogP contribution in [0.3, 0.4) is 0 Å². The maximum atomic E-state index is 12.2. The average molecular weight is 393 g/mol. The minimum absolute atomic E-state index is 0.0108. The minimum atomic E-state index is -0.548. The van der Waals surface area contributed by atoms with E-state index >= 15 is 0 Å². The van der Waals surface area contributed by atoms with Crippen LogP contribution >= 0.6 is 0 Å². The molecule has 0 unspecified atom stereocenters. The second kappa shape index (κ2) is 7.73. The predicted molar refractivity (Wildman–Crippen MR) is 111 cm³/mol. The number of benzene rings is 1. The van der Waals surface area contributed by atoms with E-state index in [1.165, 1.54) is 17.2 Å². The number of rotatable bonds is 5. The number of aryl methyl sites for hydroxylation is 1. The maximum Gasteiger partial charge on any atom is 0.254 e. The van der Waals surface area contributed by atoms with Gasteiger partial charge < -0.3 is 16.4 Å². The van der Waals surface area contributed by atoms with Crippen LogP contribution in [0.2, 0.25) is 0 Å². The summed E-state index contributed by atoms with van der Waals surface area (Å²) < 4.78 is 1.66. The monoisotopic (exact) mass is 393 g/mol. The Bertz CT molecular complexity index is 964. The number of anilines is 1. The summed E-state index contributed by atoms with van der Waals surface area (Å²) in [6.45, 7) is 4.74. The molecule has 29 heavy (non-hydrogen) atoms. The van der Waals surface area contributed by atoms with Crippen molar-refractivity contribution in [1.82, 2.24) is 14.7 Å². The summed E-state index contributed by atoms with van der Waals surface area (Å²) in [5.41, 5.74) is 15.6. The van der Waals surface area contributed by atoms with E-state index in [0.29, 0.717) is 30.2 Å². The second-order valence-electron chi connectivity index (χ2n) is 7.93. The normalized spacial score (nSPS) is 21.0. The van der Waals surface area contributed by atoms with E-state index in [2.05, 4.69) is 24.8 Å². The number of nitrogens with zero attached hydrogens (tertiary/aromatic N) is 3. The molecule has 2 heterocycles. The first kappa shape index (κ1) is 19.2. The van der Waals surface area contributed by atoms with Crippen LogP contribution in [-0.4, -0.2) is 39.1 Å². The molecule has 4 N–H and O–H groups in total. The highest BCUT2D eigenvalue weighted by molar-refractivity contribution is 5.98. The van der Waals surface area contributed by atoms with Crippen molar-refractivity contribution in [2.45, 2.75) is 50.6 Å². The molecular weight excluding hydrogens is 366 g/mol. The molecule has 1 aliphatic carbocycles. The van der Waals surface area contributed by atoms with Crippen molar-refractivity contribution in [3.8, 4) is 0 Å². The molecule has 1 fully saturated rings. The summed E-state index contributed by atoms with van der Waals surface area (Å²) in [7, 11) is 0. The van der Waals surface area contributed by atoms with Crippen molar-refractivity contribution in [2.75, 3.05) is 12.3 Å². The zero-order valence-electron chi connectivity index (χ0n) is 16.5. The van der Waals surface area contributed by atoms with Crippen molar-refractivity contribution in [3.05, 3.63) is 59.3 Å². The van der Waals surface area contributed by atoms with Crippen molar-refractivity contribution in [1.29, 1.82) is 0 Å². The van der Waals surface area contributed by atoms with Gasteiger partial charge in [-0.1, -0.05) is 30.8 Å². The largest absolute Gasteiger partial charge is 0.383 e. The van der Waals surface area contributed by atoms with Crippen LogP contribution in [0.25, 0.3) is 0 Å². The number of aromatic nitrogens is 2. The van der Waals surface area contributed by atoms with E-state index in [0.717, 1.165) is 32.1 Å². The van der Waals surface area contributed by atoms with Gasteiger partial charge in [-0.25, -0.2) is 4.68 Å². The van der Waals surface area contributed by atoms with E-state index in [1.54, 1.807) is 9.58 Å². The Morgan fingerprint density at radius 1 is 1.24 bits per heavy atom. The van der Waals surface area contributed by atoms with Crippen LogP contribution < -0.4 is 11.5 Å². The van der Waals surface area contributed by atoms with Crippen LogP contribution in [-0.2, 0) is 24.2 Å². The fourth-order valence-electron chi connectivity index (χ4n) is 4.74. The highest BCUT2D eigenvalue weighted by Crippen LogP contribution is 2.35. The molecule has 7 nitrogen and oxygen atoms in total. The third kappa shape index (κ3) is 3.52. The second-order valence-corrected chi connectivity index (χ2v) is 7.93. The molecule has 1 aromatic heterocycles. The Kier molecular flexibility index (Phi) is 5.13. The number of likely N-dealkylation sites (tertiary alicyclic amines) is 1. The number of carbonyl (C=O) groups is 2. The third-order valence-corrected chi connectivity index (χ3v) is 6.22. The van der Waals surface area contributed by atoms with Crippen molar-refractivity contribution in [2.24, 2.45) is 5.73 Å². The Morgan fingerprint density at radius 2 is 2.00 bits per heavy atom. The summed E-state index contributed by atoms with van der Waals surface area (Å²) in [4.78, 5) is 26.1. The molecular formula is C22H27N5O2.